The Bertz CT molecular complexity index is 1180. The molecule has 4 heterocycles. The van der Waals surface area contributed by atoms with Gasteiger partial charge in [-0.25, -0.2) is 15.0 Å². The van der Waals surface area contributed by atoms with Crippen LogP contribution in [0, 0.1) is 15.5 Å². The number of nitro benzene ring substituents is 1. The van der Waals surface area contributed by atoms with E-state index in [-0.39, 0.29) is 16.1 Å². The number of rotatable bonds is 5. The van der Waals surface area contributed by atoms with Crippen molar-refractivity contribution < 1.29 is 18.1 Å². The van der Waals surface area contributed by atoms with E-state index >= 15 is 0 Å². The molecule has 1 spiro atoms. The monoisotopic (exact) mass is 478 g/mol. The van der Waals surface area contributed by atoms with Gasteiger partial charge in [-0.2, -0.15) is 13.2 Å². The number of anilines is 1. The fourth-order valence-electron chi connectivity index (χ4n) is 4.86. The van der Waals surface area contributed by atoms with Gasteiger partial charge in [0.1, 0.15) is 21.7 Å². The molecular formula is C21H21F3N6O2S. The molecule has 33 heavy (non-hydrogen) atoms. The number of halogens is 3. The van der Waals surface area contributed by atoms with Crippen LogP contribution in [0.1, 0.15) is 23.4 Å². The van der Waals surface area contributed by atoms with Gasteiger partial charge >= 0.3 is 6.18 Å². The maximum atomic E-state index is 12.8. The summed E-state index contributed by atoms with van der Waals surface area (Å²) in [7, 11) is 0. The van der Waals surface area contributed by atoms with E-state index in [4.69, 9.17) is 0 Å². The SMILES string of the molecule is O=[N+]([O-])c1ccc(CN2CCC3(CCN(c4ncnc5sc(CC(F)(F)F)nc45)C3)C2)cc1. The lowest BCUT2D eigenvalue weighted by Crippen LogP contribution is -2.31. The second-order valence-corrected chi connectivity index (χ2v) is 9.87. The molecule has 12 heteroatoms. The smallest absolute Gasteiger partial charge is 0.354 e. The van der Waals surface area contributed by atoms with Gasteiger partial charge in [0, 0.05) is 43.7 Å². The normalized spacial score (nSPS) is 21.5. The molecule has 1 unspecified atom stereocenters. The molecule has 0 amide bonds. The second kappa shape index (κ2) is 8.17. The predicted octanol–water partition coefficient (Wildman–Crippen LogP) is 4.20. The van der Waals surface area contributed by atoms with E-state index in [1.807, 2.05) is 0 Å². The van der Waals surface area contributed by atoms with E-state index in [0.717, 1.165) is 62.5 Å². The van der Waals surface area contributed by atoms with Crippen LogP contribution in [0.5, 0.6) is 0 Å². The molecule has 2 aliphatic rings. The van der Waals surface area contributed by atoms with Gasteiger partial charge in [-0.3, -0.25) is 15.0 Å². The molecule has 0 N–H and O–H groups in total. The zero-order valence-corrected chi connectivity index (χ0v) is 18.4. The molecule has 1 atom stereocenters. The lowest BCUT2D eigenvalue weighted by Gasteiger charge is -2.25. The van der Waals surface area contributed by atoms with Crippen molar-refractivity contribution in [1.29, 1.82) is 0 Å². The number of likely N-dealkylation sites (tertiary alicyclic amines) is 1. The molecule has 0 aliphatic carbocycles. The first kappa shape index (κ1) is 22.0. The topological polar surface area (TPSA) is 88.3 Å². The van der Waals surface area contributed by atoms with Gasteiger partial charge in [-0.1, -0.05) is 23.5 Å². The van der Waals surface area contributed by atoms with Crippen molar-refractivity contribution in [2.75, 3.05) is 31.1 Å². The zero-order chi connectivity index (χ0) is 23.2. The molecule has 5 rings (SSSR count). The molecule has 2 saturated heterocycles. The van der Waals surface area contributed by atoms with Crippen molar-refractivity contribution in [2.45, 2.75) is 32.0 Å². The molecule has 1 aromatic carbocycles. The van der Waals surface area contributed by atoms with E-state index in [0.29, 0.717) is 16.2 Å². The van der Waals surface area contributed by atoms with Gasteiger partial charge in [0.2, 0.25) is 0 Å². The minimum absolute atomic E-state index is 0.00306. The van der Waals surface area contributed by atoms with Crippen LogP contribution < -0.4 is 4.90 Å². The largest absolute Gasteiger partial charge is 0.395 e. The Balaban J connectivity index is 1.28. The van der Waals surface area contributed by atoms with E-state index < -0.39 is 17.5 Å². The third kappa shape index (κ3) is 4.62. The van der Waals surface area contributed by atoms with Gasteiger partial charge in [0.15, 0.2) is 5.82 Å². The average Bonchev–Trinajstić information content (AvgIpc) is 3.45. The van der Waals surface area contributed by atoms with Crippen LogP contribution in [0.4, 0.5) is 24.7 Å². The van der Waals surface area contributed by atoms with Gasteiger partial charge in [-0.15, -0.1) is 0 Å². The highest BCUT2D eigenvalue weighted by Crippen LogP contribution is 2.42. The van der Waals surface area contributed by atoms with Crippen LogP contribution >= 0.6 is 11.3 Å². The number of nitro groups is 1. The maximum Gasteiger partial charge on any atom is 0.395 e. The van der Waals surface area contributed by atoms with Gasteiger partial charge in [0.05, 0.1) is 11.3 Å². The van der Waals surface area contributed by atoms with Crippen LogP contribution in [0.15, 0.2) is 30.6 Å². The number of fused-ring (bicyclic) bond motifs is 1. The van der Waals surface area contributed by atoms with Crippen LogP contribution in [0.3, 0.4) is 0 Å². The van der Waals surface area contributed by atoms with Gasteiger partial charge < -0.3 is 4.90 Å². The Morgan fingerprint density at radius 3 is 2.61 bits per heavy atom. The molecule has 3 aromatic rings. The number of hydrogen-bond donors (Lipinski definition) is 0. The Morgan fingerprint density at radius 1 is 1.12 bits per heavy atom. The standard InChI is InChI=1S/C21H21F3N6O2S/c22-21(23,24)9-16-27-17-18(25-13-26-19(17)33-16)29-8-6-20(12-29)5-7-28(11-20)10-14-1-3-15(4-2-14)30(31)32/h1-4,13H,5-12H2. The van der Waals surface area contributed by atoms with Gasteiger partial charge in [-0.05, 0) is 24.9 Å². The summed E-state index contributed by atoms with van der Waals surface area (Å²) in [5, 5.41) is 10.8. The molecule has 8 nitrogen and oxygen atoms in total. The van der Waals surface area contributed by atoms with E-state index in [1.54, 1.807) is 12.1 Å². The number of benzene rings is 1. The minimum Gasteiger partial charge on any atom is -0.354 e. The third-order valence-electron chi connectivity index (χ3n) is 6.38. The van der Waals surface area contributed by atoms with E-state index in [1.165, 1.54) is 18.5 Å². The summed E-state index contributed by atoms with van der Waals surface area (Å²) in [6.45, 7) is 4.08. The summed E-state index contributed by atoms with van der Waals surface area (Å²) in [4.78, 5) is 28.1. The number of aromatic nitrogens is 3. The highest BCUT2D eigenvalue weighted by atomic mass is 32.1. The van der Waals surface area contributed by atoms with Crippen LogP contribution in [0.25, 0.3) is 10.3 Å². The number of nitrogens with zero attached hydrogens (tertiary/aromatic N) is 6. The Labute approximate surface area is 191 Å². The lowest BCUT2D eigenvalue weighted by atomic mass is 9.86. The van der Waals surface area contributed by atoms with Crippen molar-refractivity contribution in [3.8, 4) is 0 Å². The fourth-order valence-corrected chi connectivity index (χ4v) is 5.79. The molecule has 2 aliphatic heterocycles. The Hall–Kier alpha value is -2.86. The first-order chi connectivity index (χ1) is 15.7. The summed E-state index contributed by atoms with van der Waals surface area (Å²) < 4.78 is 38.4. The molecule has 0 bridgehead atoms. The van der Waals surface area contributed by atoms with Crippen LogP contribution in [0.2, 0.25) is 0 Å². The summed E-state index contributed by atoms with van der Waals surface area (Å²) >= 11 is 0.966. The Kier molecular flexibility index (Phi) is 5.44. The van der Waals surface area contributed by atoms with E-state index in [9.17, 15) is 23.3 Å². The second-order valence-electron chi connectivity index (χ2n) is 8.81. The number of alkyl halides is 3. The Morgan fingerprint density at radius 2 is 1.88 bits per heavy atom. The third-order valence-corrected chi connectivity index (χ3v) is 7.34. The van der Waals surface area contributed by atoms with Crippen molar-refractivity contribution >= 4 is 33.2 Å². The zero-order valence-electron chi connectivity index (χ0n) is 17.6. The summed E-state index contributed by atoms with van der Waals surface area (Å²) in [6, 6.07) is 6.64. The summed E-state index contributed by atoms with van der Waals surface area (Å²) in [5.41, 5.74) is 1.65. The van der Waals surface area contributed by atoms with Crippen LogP contribution in [-0.4, -0.2) is 57.1 Å². The highest BCUT2D eigenvalue weighted by Gasteiger charge is 2.44. The average molecular weight is 479 g/mol. The first-order valence-electron chi connectivity index (χ1n) is 10.6. The quantitative estimate of drug-likeness (QED) is 0.401. The van der Waals surface area contributed by atoms with Crippen molar-refractivity contribution in [2.24, 2.45) is 5.41 Å². The maximum absolute atomic E-state index is 12.8. The van der Waals surface area contributed by atoms with E-state index in [2.05, 4.69) is 24.8 Å². The molecule has 2 fully saturated rings. The van der Waals surface area contributed by atoms with Gasteiger partial charge in [0.25, 0.3) is 5.69 Å². The summed E-state index contributed by atoms with van der Waals surface area (Å²) in [5.74, 6) is 0.607. The first-order valence-corrected chi connectivity index (χ1v) is 11.4. The van der Waals surface area contributed by atoms with Crippen molar-refractivity contribution in [3.05, 3.63) is 51.3 Å². The van der Waals surface area contributed by atoms with Crippen LogP contribution in [-0.2, 0) is 13.0 Å². The fraction of sp³-hybridized carbons (Fsp3) is 0.476. The number of hydrogen-bond acceptors (Lipinski definition) is 8. The highest BCUT2D eigenvalue weighted by molar-refractivity contribution is 7.18. The number of thiazole rings is 1. The predicted molar refractivity (Wildman–Crippen MR) is 117 cm³/mol. The molecule has 0 radical (unpaired) electrons. The molecule has 0 saturated carbocycles. The van der Waals surface area contributed by atoms with Crippen molar-refractivity contribution in [1.82, 2.24) is 19.9 Å². The molecular weight excluding hydrogens is 457 g/mol. The van der Waals surface area contributed by atoms with Crippen molar-refractivity contribution in [3.63, 3.8) is 0 Å². The summed E-state index contributed by atoms with van der Waals surface area (Å²) in [6.07, 6.45) is -1.99. The molecule has 2 aromatic heterocycles. The minimum atomic E-state index is -4.31. The molecule has 174 valence electrons. The number of non-ortho nitro benzene ring substituents is 1. The lowest BCUT2D eigenvalue weighted by molar-refractivity contribution is -0.384.